The van der Waals surface area contributed by atoms with Gasteiger partial charge in [0.15, 0.2) is 5.78 Å². The first-order valence-corrected chi connectivity index (χ1v) is 13.2. The lowest BCUT2D eigenvalue weighted by molar-refractivity contribution is -0.166. The molecule has 0 radical (unpaired) electrons. The average molecular weight is 547 g/mol. The first-order valence-electron chi connectivity index (χ1n) is 13.2. The number of carbonyl (C=O) groups excluding carboxylic acids is 4. The lowest BCUT2D eigenvalue weighted by Crippen LogP contribution is -2.72. The highest BCUT2D eigenvalue weighted by Gasteiger charge is 2.48. The molecule has 40 heavy (non-hydrogen) atoms. The number of hydrogen-bond donors (Lipinski definition) is 1. The van der Waals surface area contributed by atoms with E-state index in [1.54, 1.807) is 63.3 Å². The number of hydrogen-bond acceptors (Lipinski definition) is 5. The minimum atomic E-state index is -0.820. The van der Waals surface area contributed by atoms with E-state index < -0.39 is 18.2 Å². The average Bonchev–Trinajstić information content (AvgIpc) is 3.33. The number of halogens is 1. The van der Waals surface area contributed by atoms with E-state index in [9.17, 15) is 23.6 Å². The van der Waals surface area contributed by atoms with Gasteiger partial charge < -0.3 is 24.6 Å². The first kappa shape index (κ1) is 27.0. The molecule has 1 aromatic heterocycles. The number of nitrogens with zero attached hydrogens (tertiary/aromatic N) is 5. The Labute approximate surface area is 231 Å². The topological polar surface area (TPSA) is 108 Å². The Morgan fingerprint density at radius 1 is 1.12 bits per heavy atom. The van der Waals surface area contributed by atoms with E-state index in [1.807, 2.05) is 7.05 Å². The first-order chi connectivity index (χ1) is 19.2. The highest BCUT2D eigenvalue weighted by atomic mass is 19.1. The van der Waals surface area contributed by atoms with Crippen LogP contribution < -0.4 is 5.32 Å². The fourth-order valence-electron chi connectivity index (χ4n) is 5.34. The van der Waals surface area contributed by atoms with Crippen LogP contribution in [0, 0.1) is 5.82 Å². The Morgan fingerprint density at radius 3 is 2.58 bits per heavy atom. The highest BCUT2D eigenvalue weighted by Crippen LogP contribution is 2.28. The van der Waals surface area contributed by atoms with Crippen molar-refractivity contribution in [3.63, 3.8) is 0 Å². The molecule has 3 aromatic rings. The van der Waals surface area contributed by atoms with Gasteiger partial charge in [0, 0.05) is 56.1 Å². The molecule has 2 fully saturated rings. The number of piperazine rings is 1. The molecule has 10 nitrogen and oxygen atoms in total. The Balaban J connectivity index is 1.41. The molecule has 5 rings (SSSR count). The Kier molecular flexibility index (Phi) is 7.63. The largest absolute Gasteiger partial charge is 0.338 e. The van der Waals surface area contributed by atoms with Crippen molar-refractivity contribution in [3.8, 4) is 0 Å². The lowest BCUT2D eigenvalue weighted by Gasteiger charge is -2.52. The number of aryl methyl sites for hydroxylation is 1. The third-order valence-electron chi connectivity index (χ3n) is 7.53. The van der Waals surface area contributed by atoms with Crippen LogP contribution in [0.25, 0.3) is 0 Å². The number of benzene rings is 2. The second-order valence-corrected chi connectivity index (χ2v) is 10.2. The number of rotatable bonds is 7. The molecular formula is C29H31FN6O4. The van der Waals surface area contributed by atoms with E-state index in [2.05, 4.69) is 10.3 Å². The van der Waals surface area contributed by atoms with Crippen LogP contribution in [-0.4, -0.2) is 79.7 Å². The van der Waals surface area contributed by atoms with E-state index in [0.29, 0.717) is 24.2 Å². The maximum atomic E-state index is 13.8. The summed E-state index contributed by atoms with van der Waals surface area (Å²) < 4.78 is 15.6. The molecule has 2 aliphatic rings. The summed E-state index contributed by atoms with van der Waals surface area (Å²) in [5, 5.41) is 2.86. The van der Waals surface area contributed by atoms with Crippen LogP contribution in [0.2, 0.25) is 0 Å². The smallest absolute Gasteiger partial charge is 0.323 e. The van der Waals surface area contributed by atoms with E-state index in [-0.39, 0.29) is 49.3 Å². The summed E-state index contributed by atoms with van der Waals surface area (Å²) in [5.74, 6) is -0.832. The van der Waals surface area contributed by atoms with Crippen molar-refractivity contribution in [2.24, 2.45) is 7.05 Å². The summed E-state index contributed by atoms with van der Waals surface area (Å²) in [4.78, 5) is 61.1. The summed E-state index contributed by atoms with van der Waals surface area (Å²) in [6, 6.07) is 11.6. The van der Waals surface area contributed by atoms with Crippen LogP contribution in [0.1, 0.15) is 35.0 Å². The van der Waals surface area contributed by atoms with Gasteiger partial charge >= 0.3 is 6.03 Å². The molecule has 0 saturated carbocycles. The molecule has 4 amide bonds. The van der Waals surface area contributed by atoms with Gasteiger partial charge in [-0.3, -0.25) is 14.4 Å². The van der Waals surface area contributed by atoms with Gasteiger partial charge in [-0.2, -0.15) is 0 Å². The van der Waals surface area contributed by atoms with Crippen molar-refractivity contribution >= 4 is 29.3 Å². The number of imidazole rings is 1. The van der Waals surface area contributed by atoms with Gasteiger partial charge in [0.05, 0.1) is 12.9 Å². The molecule has 3 heterocycles. The van der Waals surface area contributed by atoms with Crippen molar-refractivity contribution in [2.75, 3.05) is 25.0 Å². The van der Waals surface area contributed by atoms with Crippen molar-refractivity contribution < 1.29 is 23.6 Å². The summed E-state index contributed by atoms with van der Waals surface area (Å²) in [7, 11) is 1.82. The molecule has 2 aromatic carbocycles. The van der Waals surface area contributed by atoms with E-state index in [1.165, 1.54) is 24.0 Å². The molecule has 11 heteroatoms. The van der Waals surface area contributed by atoms with E-state index >= 15 is 0 Å². The number of anilines is 1. The van der Waals surface area contributed by atoms with Crippen molar-refractivity contribution in [3.05, 3.63) is 83.7 Å². The predicted octanol–water partition coefficient (Wildman–Crippen LogP) is 2.85. The van der Waals surface area contributed by atoms with Crippen LogP contribution in [0.15, 0.2) is 61.1 Å². The summed E-state index contributed by atoms with van der Waals surface area (Å²) >= 11 is 0. The lowest BCUT2D eigenvalue weighted by atomic mass is 9.99. The fraction of sp³-hybridized carbons (Fsp3) is 0.345. The zero-order valence-corrected chi connectivity index (χ0v) is 22.4. The van der Waals surface area contributed by atoms with Gasteiger partial charge in [-0.05, 0) is 55.3 Å². The van der Waals surface area contributed by atoms with Gasteiger partial charge in [0.2, 0.25) is 11.8 Å². The van der Waals surface area contributed by atoms with E-state index in [4.69, 9.17) is 0 Å². The normalized spacial score (nSPS) is 19.0. The van der Waals surface area contributed by atoms with Crippen LogP contribution >= 0.6 is 0 Å². The standard InChI is InChI=1S/C29H31FN6O4/c1-19(37)21-6-8-23(9-7-21)32-29(40)35-13-11-27(38)36-25(15-24-16-31-18-33(24)2)28(39)34(17-26(35)36)12-10-20-4-3-5-22(30)14-20/h3-9,14,16,18,25-26H,10-13,15,17H2,1-2H3,(H,32,40)/t25-,26+/m0/s1. The van der Waals surface area contributed by atoms with Gasteiger partial charge in [0.25, 0.3) is 0 Å². The summed E-state index contributed by atoms with van der Waals surface area (Å²) in [6.45, 7) is 2.12. The number of nitrogens with one attached hydrogen (secondary N) is 1. The molecular weight excluding hydrogens is 515 g/mol. The second-order valence-electron chi connectivity index (χ2n) is 10.2. The quantitative estimate of drug-likeness (QED) is 0.459. The number of ketones is 1. The molecule has 208 valence electrons. The highest BCUT2D eigenvalue weighted by molar-refractivity contribution is 5.96. The van der Waals surface area contributed by atoms with Gasteiger partial charge in [-0.1, -0.05) is 12.1 Å². The number of fused-ring (bicyclic) bond motifs is 1. The molecule has 2 saturated heterocycles. The van der Waals surface area contributed by atoms with Gasteiger partial charge in [0.1, 0.15) is 18.0 Å². The van der Waals surface area contributed by atoms with E-state index in [0.717, 1.165) is 11.3 Å². The molecule has 0 unspecified atom stereocenters. The van der Waals surface area contributed by atoms with Gasteiger partial charge in [-0.15, -0.1) is 0 Å². The Hall–Kier alpha value is -4.54. The summed E-state index contributed by atoms with van der Waals surface area (Å²) in [6.07, 6.45) is 3.38. The van der Waals surface area contributed by atoms with Crippen LogP contribution in [0.3, 0.4) is 0 Å². The SMILES string of the molecule is CC(=O)c1ccc(NC(=O)N2CCC(=O)N3[C@@H]2CN(CCc2cccc(F)c2)C(=O)[C@@H]3Cc2cncn2C)cc1. The van der Waals surface area contributed by atoms with Crippen molar-refractivity contribution in [1.82, 2.24) is 24.3 Å². The number of urea groups is 1. The van der Waals surface area contributed by atoms with Crippen molar-refractivity contribution in [1.29, 1.82) is 0 Å². The monoisotopic (exact) mass is 546 g/mol. The molecule has 0 aliphatic carbocycles. The van der Waals surface area contributed by atoms with Gasteiger partial charge in [-0.25, -0.2) is 14.2 Å². The molecule has 0 spiro atoms. The molecule has 1 N–H and O–H groups in total. The molecule has 2 atom stereocenters. The number of Topliss-reactive ketones (excluding diaryl/α,β-unsaturated/α-hetero) is 1. The number of aromatic nitrogens is 2. The van der Waals surface area contributed by atoms with Crippen molar-refractivity contribution in [2.45, 2.75) is 38.4 Å². The van der Waals surface area contributed by atoms with Crippen LogP contribution in [0.5, 0.6) is 0 Å². The third-order valence-corrected chi connectivity index (χ3v) is 7.53. The minimum absolute atomic E-state index is 0.0762. The number of amides is 4. The third kappa shape index (κ3) is 5.58. The zero-order valence-electron chi connectivity index (χ0n) is 22.4. The summed E-state index contributed by atoms with van der Waals surface area (Å²) in [5.41, 5.74) is 2.58. The Morgan fingerprint density at radius 2 is 1.90 bits per heavy atom. The predicted molar refractivity (Wildman–Crippen MR) is 145 cm³/mol. The maximum Gasteiger partial charge on any atom is 0.323 e. The molecule has 2 aliphatic heterocycles. The number of carbonyl (C=O) groups is 4. The fourth-order valence-corrected chi connectivity index (χ4v) is 5.34. The van der Waals surface area contributed by atoms with Crippen LogP contribution in [0.4, 0.5) is 14.9 Å². The molecule has 0 bridgehead atoms. The second kappa shape index (κ2) is 11.3. The minimum Gasteiger partial charge on any atom is -0.338 e. The maximum absolute atomic E-state index is 13.8. The van der Waals surface area contributed by atoms with Crippen LogP contribution in [-0.2, 0) is 29.5 Å². The Bertz CT molecular complexity index is 1440. The zero-order chi connectivity index (χ0) is 28.4.